The number of aryl methyl sites for hydroxylation is 1. The van der Waals surface area contributed by atoms with E-state index in [0.717, 1.165) is 9.88 Å². The Kier molecular flexibility index (Phi) is 2.79. The highest BCUT2D eigenvalue weighted by Gasteiger charge is 2.24. The highest BCUT2D eigenvalue weighted by atomic mass is 32.1. The molecule has 1 aromatic heterocycles. The Morgan fingerprint density at radius 3 is 2.67 bits per heavy atom. The number of esters is 2. The van der Waals surface area contributed by atoms with Gasteiger partial charge in [0, 0.05) is 17.6 Å². The highest BCUT2D eigenvalue weighted by Crippen LogP contribution is 2.15. The van der Waals surface area contributed by atoms with Gasteiger partial charge in [-0.05, 0) is 6.92 Å². The van der Waals surface area contributed by atoms with Crippen molar-refractivity contribution >= 4 is 23.3 Å². The van der Waals surface area contributed by atoms with Crippen LogP contribution in [0.4, 0.5) is 0 Å². The van der Waals surface area contributed by atoms with Gasteiger partial charge in [0.05, 0.1) is 18.1 Å². The molecule has 0 radical (unpaired) electrons. The molecule has 5 nitrogen and oxygen atoms in total. The molecule has 0 aromatic carbocycles. The maximum atomic E-state index is 11.0. The average Bonchev–Trinajstić information content (AvgIpc) is 2.49. The molecular formula is C9H10N2O3S. The van der Waals surface area contributed by atoms with Crippen molar-refractivity contribution in [3.8, 4) is 0 Å². The summed E-state index contributed by atoms with van der Waals surface area (Å²) in [6, 6.07) is 0. The van der Waals surface area contributed by atoms with E-state index in [1.807, 2.05) is 6.92 Å². The Balaban J connectivity index is 2.00. The molecule has 1 aliphatic heterocycles. The zero-order chi connectivity index (χ0) is 10.8. The zero-order valence-corrected chi connectivity index (χ0v) is 9.04. The number of carbonyl (C=O) groups is 2. The molecule has 0 spiro atoms. The van der Waals surface area contributed by atoms with Crippen molar-refractivity contribution in [3.63, 3.8) is 0 Å². The Morgan fingerprint density at radius 2 is 2.13 bits per heavy atom. The number of hydrogen-bond acceptors (Lipinski definition) is 6. The standard InChI is InChI=1S/C9H10N2O3S/c1-6-10-2-7(15-6)3-11-4-8(12)14-9(13)5-11/h2H,3-5H2,1H3. The SMILES string of the molecule is Cc1ncc(CN2CC(=O)OC(=O)C2)s1. The van der Waals surface area contributed by atoms with E-state index in [1.165, 1.54) is 0 Å². The fourth-order valence-electron chi connectivity index (χ4n) is 1.42. The number of aromatic nitrogens is 1. The number of ether oxygens (including phenoxy) is 1. The maximum absolute atomic E-state index is 11.0. The summed E-state index contributed by atoms with van der Waals surface area (Å²) in [6.45, 7) is 2.83. The largest absolute Gasteiger partial charge is 0.391 e. The molecule has 6 heteroatoms. The summed E-state index contributed by atoms with van der Waals surface area (Å²) in [7, 11) is 0. The highest BCUT2D eigenvalue weighted by molar-refractivity contribution is 7.11. The van der Waals surface area contributed by atoms with Crippen molar-refractivity contribution in [1.82, 2.24) is 9.88 Å². The summed E-state index contributed by atoms with van der Waals surface area (Å²) >= 11 is 1.57. The van der Waals surface area contributed by atoms with Crippen LogP contribution in [0.5, 0.6) is 0 Å². The van der Waals surface area contributed by atoms with Crippen LogP contribution in [0.25, 0.3) is 0 Å². The van der Waals surface area contributed by atoms with Gasteiger partial charge in [0.1, 0.15) is 0 Å². The summed E-state index contributed by atoms with van der Waals surface area (Å²) in [5.74, 6) is -0.958. The first-order chi connectivity index (χ1) is 7.13. The third-order valence-electron chi connectivity index (χ3n) is 1.98. The minimum absolute atomic E-state index is 0.169. The van der Waals surface area contributed by atoms with Crippen molar-refractivity contribution in [2.45, 2.75) is 13.5 Å². The van der Waals surface area contributed by atoms with Crippen molar-refractivity contribution in [1.29, 1.82) is 0 Å². The summed E-state index contributed by atoms with van der Waals surface area (Å²) in [4.78, 5) is 28.9. The van der Waals surface area contributed by atoms with E-state index < -0.39 is 11.9 Å². The number of rotatable bonds is 2. The molecular weight excluding hydrogens is 216 g/mol. The van der Waals surface area contributed by atoms with Gasteiger partial charge in [-0.25, -0.2) is 4.98 Å². The molecule has 80 valence electrons. The number of carbonyl (C=O) groups excluding carboxylic acids is 2. The second-order valence-electron chi connectivity index (χ2n) is 3.34. The lowest BCUT2D eigenvalue weighted by atomic mass is 10.4. The van der Waals surface area contributed by atoms with E-state index in [1.54, 1.807) is 22.4 Å². The lowest BCUT2D eigenvalue weighted by molar-refractivity contribution is -0.167. The molecule has 1 saturated heterocycles. The molecule has 0 saturated carbocycles. The Morgan fingerprint density at radius 1 is 1.47 bits per heavy atom. The number of nitrogens with zero attached hydrogens (tertiary/aromatic N) is 2. The smallest absolute Gasteiger partial charge is 0.327 e. The van der Waals surface area contributed by atoms with E-state index in [9.17, 15) is 9.59 Å². The molecule has 1 aliphatic rings. The van der Waals surface area contributed by atoms with Crippen LogP contribution in [0.3, 0.4) is 0 Å². The topological polar surface area (TPSA) is 59.5 Å². The molecule has 1 fully saturated rings. The molecule has 0 bridgehead atoms. The quantitative estimate of drug-likeness (QED) is 0.537. The minimum atomic E-state index is -0.479. The van der Waals surface area contributed by atoms with Gasteiger partial charge in [0.2, 0.25) is 0 Å². The summed E-state index contributed by atoms with van der Waals surface area (Å²) in [5, 5.41) is 0.982. The predicted octanol–water partition coefficient (Wildman–Crippen LogP) is 0.337. The van der Waals surface area contributed by atoms with E-state index in [-0.39, 0.29) is 13.1 Å². The molecule has 0 aliphatic carbocycles. The van der Waals surface area contributed by atoms with Gasteiger partial charge in [-0.3, -0.25) is 14.5 Å². The van der Waals surface area contributed by atoms with Crippen LogP contribution in [0, 0.1) is 6.92 Å². The normalized spacial score (nSPS) is 17.9. The molecule has 0 atom stereocenters. The van der Waals surface area contributed by atoms with Gasteiger partial charge < -0.3 is 4.74 Å². The first-order valence-corrected chi connectivity index (χ1v) is 5.32. The van der Waals surface area contributed by atoms with Crippen LogP contribution < -0.4 is 0 Å². The van der Waals surface area contributed by atoms with Crippen molar-refractivity contribution in [2.24, 2.45) is 0 Å². The predicted molar refractivity (Wildman–Crippen MR) is 53.2 cm³/mol. The van der Waals surface area contributed by atoms with Gasteiger partial charge in [0.25, 0.3) is 0 Å². The van der Waals surface area contributed by atoms with Gasteiger partial charge in [0.15, 0.2) is 0 Å². The Bertz CT molecular complexity index is 386. The summed E-state index contributed by atoms with van der Waals surface area (Å²) in [6.07, 6.45) is 1.77. The second-order valence-corrected chi connectivity index (χ2v) is 4.66. The van der Waals surface area contributed by atoms with Crippen LogP contribution in [0.1, 0.15) is 9.88 Å². The number of morpholine rings is 1. The molecule has 2 heterocycles. The molecule has 1 aromatic rings. The lowest BCUT2D eigenvalue weighted by Gasteiger charge is -2.22. The van der Waals surface area contributed by atoms with Crippen molar-refractivity contribution in [2.75, 3.05) is 13.1 Å². The second kappa shape index (κ2) is 4.08. The number of thiazole rings is 1. The van der Waals surface area contributed by atoms with Crippen LogP contribution in [0.2, 0.25) is 0 Å². The first kappa shape index (κ1) is 10.3. The summed E-state index contributed by atoms with van der Waals surface area (Å²) in [5.41, 5.74) is 0. The monoisotopic (exact) mass is 226 g/mol. The lowest BCUT2D eigenvalue weighted by Crippen LogP contribution is -2.42. The van der Waals surface area contributed by atoms with Crippen LogP contribution in [-0.4, -0.2) is 34.9 Å². The van der Waals surface area contributed by atoms with E-state index in [2.05, 4.69) is 9.72 Å². The number of cyclic esters (lactones) is 2. The maximum Gasteiger partial charge on any atom is 0.327 e. The van der Waals surface area contributed by atoms with Crippen molar-refractivity contribution < 1.29 is 14.3 Å². The molecule has 0 unspecified atom stereocenters. The third-order valence-corrected chi connectivity index (χ3v) is 2.88. The van der Waals surface area contributed by atoms with Crippen LogP contribution >= 0.6 is 11.3 Å². The van der Waals surface area contributed by atoms with Gasteiger partial charge in [-0.1, -0.05) is 0 Å². The number of hydrogen-bond donors (Lipinski definition) is 0. The van der Waals surface area contributed by atoms with Gasteiger partial charge >= 0.3 is 11.9 Å². The Labute approximate surface area is 90.7 Å². The molecule has 2 rings (SSSR count). The molecule has 0 amide bonds. The minimum Gasteiger partial charge on any atom is -0.391 e. The first-order valence-electron chi connectivity index (χ1n) is 4.50. The fourth-order valence-corrected chi connectivity index (χ4v) is 2.26. The van der Waals surface area contributed by atoms with E-state index in [4.69, 9.17) is 0 Å². The molecule has 15 heavy (non-hydrogen) atoms. The van der Waals surface area contributed by atoms with Crippen LogP contribution in [-0.2, 0) is 20.9 Å². The van der Waals surface area contributed by atoms with Gasteiger partial charge in [-0.2, -0.15) is 0 Å². The summed E-state index contributed by atoms with van der Waals surface area (Å²) < 4.78 is 4.43. The van der Waals surface area contributed by atoms with Crippen LogP contribution in [0.15, 0.2) is 6.20 Å². The van der Waals surface area contributed by atoms with E-state index in [0.29, 0.717) is 6.54 Å². The zero-order valence-electron chi connectivity index (χ0n) is 8.23. The van der Waals surface area contributed by atoms with Crippen molar-refractivity contribution in [3.05, 3.63) is 16.1 Å². The average molecular weight is 226 g/mol. The van der Waals surface area contributed by atoms with E-state index >= 15 is 0 Å². The third kappa shape index (κ3) is 2.60. The van der Waals surface area contributed by atoms with Gasteiger partial charge in [-0.15, -0.1) is 11.3 Å². The Hall–Kier alpha value is -1.27. The molecule has 0 N–H and O–H groups in total. The fraction of sp³-hybridized carbons (Fsp3) is 0.444.